The molecule has 0 bridgehead atoms. The zero-order valence-electron chi connectivity index (χ0n) is 17.4. The predicted molar refractivity (Wildman–Crippen MR) is 124 cm³/mol. The first-order chi connectivity index (χ1) is 14.9. The highest BCUT2D eigenvalue weighted by Gasteiger charge is 2.35. The zero-order chi connectivity index (χ0) is 22.0. The minimum Gasteiger partial charge on any atom is -0.338 e. The van der Waals surface area contributed by atoms with E-state index in [9.17, 15) is 14.4 Å². The van der Waals surface area contributed by atoms with Crippen LogP contribution in [0.1, 0.15) is 25.8 Å². The van der Waals surface area contributed by atoms with E-state index in [1.807, 2.05) is 41.8 Å². The SMILES string of the molecule is CC(C)CSc1nc2ccsc2c(=O)n1NC(=O)C1CC(=O)N(Cc2ccccc2)C1. The summed E-state index contributed by atoms with van der Waals surface area (Å²) in [5, 5.41) is 2.28. The Balaban J connectivity index is 1.52. The maximum atomic E-state index is 13.0. The number of thiophene rings is 1. The van der Waals surface area contributed by atoms with Crippen molar-refractivity contribution in [3.05, 3.63) is 57.7 Å². The van der Waals surface area contributed by atoms with Crippen molar-refractivity contribution in [1.82, 2.24) is 14.6 Å². The van der Waals surface area contributed by atoms with Gasteiger partial charge in [0.1, 0.15) is 4.70 Å². The fraction of sp³-hybridized carbons (Fsp3) is 0.364. The molecule has 0 radical (unpaired) electrons. The summed E-state index contributed by atoms with van der Waals surface area (Å²) < 4.78 is 1.75. The number of benzene rings is 1. The summed E-state index contributed by atoms with van der Waals surface area (Å²) in [5.74, 6) is 0.270. The van der Waals surface area contributed by atoms with Crippen LogP contribution in [0.5, 0.6) is 0 Å². The van der Waals surface area contributed by atoms with E-state index < -0.39 is 5.92 Å². The van der Waals surface area contributed by atoms with Crippen LogP contribution in [0.3, 0.4) is 0 Å². The predicted octanol–water partition coefficient (Wildman–Crippen LogP) is 3.32. The van der Waals surface area contributed by atoms with Crippen molar-refractivity contribution in [2.24, 2.45) is 11.8 Å². The molecule has 0 aliphatic carbocycles. The fourth-order valence-corrected chi connectivity index (χ4v) is 5.10. The van der Waals surface area contributed by atoms with Gasteiger partial charge in [0.05, 0.1) is 11.4 Å². The first kappa shape index (κ1) is 21.6. The monoisotopic (exact) mass is 456 g/mol. The molecule has 1 aliphatic heterocycles. The van der Waals surface area contributed by atoms with E-state index in [-0.39, 0.29) is 23.8 Å². The molecule has 1 aromatic carbocycles. The molecule has 1 fully saturated rings. The number of nitrogens with one attached hydrogen (secondary N) is 1. The quantitative estimate of drug-likeness (QED) is 0.436. The summed E-state index contributed by atoms with van der Waals surface area (Å²) in [5.41, 5.74) is 4.11. The van der Waals surface area contributed by atoms with Gasteiger partial charge in [-0.2, -0.15) is 4.68 Å². The molecule has 3 aromatic rings. The molecule has 3 heterocycles. The van der Waals surface area contributed by atoms with Crippen molar-refractivity contribution >= 4 is 45.1 Å². The number of hydrogen-bond acceptors (Lipinski definition) is 6. The van der Waals surface area contributed by atoms with Crippen LogP contribution in [0, 0.1) is 11.8 Å². The number of carbonyl (C=O) groups excluding carboxylic acids is 2. The van der Waals surface area contributed by atoms with E-state index in [1.165, 1.54) is 27.8 Å². The number of hydrogen-bond donors (Lipinski definition) is 1. The topological polar surface area (TPSA) is 84.3 Å². The van der Waals surface area contributed by atoms with E-state index in [0.29, 0.717) is 34.4 Å². The second kappa shape index (κ2) is 9.23. The van der Waals surface area contributed by atoms with Gasteiger partial charge in [-0.1, -0.05) is 55.9 Å². The second-order valence-electron chi connectivity index (χ2n) is 8.01. The van der Waals surface area contributed by atoms with Gasteiger partial charge in [-0.3, -0.25) is 19.8 Å². The van der Waals surface area contributed by atoms with Crippen molar-refractivity contribution < 1.29 is 9.59 Å². The smallest absolute Gasteiger partial charge is 0.291 e. The van der Waals surface area contributed by atoms with Crippen molar-refractivity contribution in [2.75, 3.05) is 17.7 Å². The average Bonchev–Trinajstić information content (AvgIpc) is 3.36. The van der Waals surface area contributed by atoms with Gasteiger partial charge in [0.25, 0.3) is 5.56 Å². The molecule has 0 spiro atoms. The molecule has 2 amide bonds. The first-order valence-electron chi connectivity index (χ1n) is 10.2. The summed E-state index contributed by atoms with van der Waals surface area (Å²) in [7, 11) is 0. The molecular formula is C22H24N4O3S2. The molecule has 0 saturated carbocycles. The highest BCUT2D eigenvalue weighted by molar-refractivity contribution is 7.99. The molecule has 9 heteroatoms. The van der Waals surface area contributed by atoms with Crippen LogP contribution >= 0.6 is 23.1 Å². The van der Waals surface area contributed by atoms with E-state index in [4.69, 9.17) is 0 Å². The van der Waals surface area contributed by atoms with Crippen LogP contribution in [-0.4, -0.2) is 38.7 Å². The second-order valence-corrected chi connectivity index (χ2v) is 9.91. The standard InChI is InChI=1S/C22H24N4O3S2/c1-14(2)13-31-22-23-17-8-9-30-19(17)21(29)26(22)24-20(28)16-10-18(27)25(12-16)11-15-6-4-3-5-7-15/h3-9,14,16H,10-13H2,1-2H3,(H,24,28). The normalized spacial score (nSPS) is 16.4. The third-order valence-corrected chi connectivity index (χ3v) is 7.28. The fourth-order valence-electron chi connectivity index (χ4n) is 3.43. The summed E-state index contributed by atoms with van der Waals surface area (Å²) in [6.45, 7) is 4.98. The number of nitrogens with zero attached hydrogens (tertiary/aromatic N) is 3. The van der Waals surface area contributed by atoms with Crippen molar-refractivity contribution in [3.8, 4) is 0 Å². The molecule has 4 rings (SSSR count). The number of amides is 2. The van der Waals surface area contributed by atoms with E-state index in [1.54, 1.807) is 4.90 Å². The largest absolute Gasteiger partial charge is 0.338 e. The lowest BCUT2D eigenvalue weighted by Gasteiger charge is -2.18. The Bertz CT molecular complexity index is 1160. The summed E-state index contributed by atoms with van der Waals surface area (Å²) >= 11 is 2.74. The lowest BCUT2D eigenvalue weighted by Crippen LogP contribution is -2.38. The molecule has 1 atom stereocenters. The maximum absolute atomic E-state index is 13.0. The van der Waals surface area contributed by atoms with E-state index >= 15 is 0 Å². The molecular weight excluding hydrogens is 432 g/mol. The Morgan fingerprint density at radius 2 is 2.03 bits per heavy atom. The average molecular weight is 457 g/mol. The third-order valence-electron chi connectivity index (χ3n) is 5.02. The van der Waals surface area contributed by atoms with Crippen molar-refractivity contribution in [3.63, 3.8) is 0 Å². The zero-order valence-corrected chi connectivity index (χ0v) is 19.0. The van der Waals surface area contributed by atoms with Gasteiger partial charge in [-0.05, 0) is 22.9 Å². The van der Waals surface area contributed by atoms with Crippen LogP contribution in [0.4, 0.5) is 0 Å². The van der Waals surface area contributed by atoms with Gasteiger partial charge in [0.2, 0.25) is 11.8 Å². The number of thioether (sulfide) groups is 1. The van der Waals surface area contributed by atoms with Crippen LogP contribution in [-0.2, 0) is 16.1 Å². The lowest BCUT2D eigenvalue weighted by molar-refractivity contribution is -0.128. The van der Waals surface area contributed by atoms with Crippen LogP contribution in [0.15, 0.2) is 51.7 Å². The highest BCUT2D eigenvalue weighted by atomic mass is 32.2. The minimum atomic E-state index is -0.509. The van der Waals surface area contributed by atoms with Crippen LogP contribution in [0.2, 0.25) is 0 Å². The molecule has 1 unspecified atom stereocenters. The van der Waals surface area contributed by atoms with Gasteiger partial charge in [-0.25, -0.2) is 4.98 Å². The third kappa shape index (κ3) is 4.83. The van der Waals surface area contributed by atoms with Crippen LogP contribution in [0.25, 0.3) is 10.2 Å². The number of likely N-dealkylation sites (tertiary alicyclic amines) is 1. The van der Waals surface area contributed by atoms with E-state index in [0.717, 1.165) is 11.3 Å². The number of aromatic nitrogens is 2. The number of rotatable bonds is 7. The molecule has 31 heavy (non-hydrogen) atoms. The Hall–Kier alpha value is -2.65. The minimum absolute atomic E-state index is 0.0578. The molecule has 162 valence electrons. The van der Waals surface area contributed by atoms with E-state index in [2.05, 4.69) is 24.3 Å². The molecule has 1 aliphatic rings. The Morgan fingerprint density at radius 3 is 2.77 bits per heavy atom. The first-order valence-corrected chi connectivity index (χ1v) is 12.0. The summed E-state index contributed by atoms with van der Waals surface area (Å²) in [6, 6.07) is 11.5. The highest BCUT2D eigenvalue weighted by Crippen LogP contribution is 2.24. The summed E-state index contributed by atoms with van der Waals surface area (Å²) in [4.78, 5) is 44.7. The van der Waals surface area contributed by atoms with Crippen LogP contribution < -0.4 is 11.0 Å². The summed E-state index contributed by atoms with van der Waals surface area (Å²) in [6.07, 6.45) is 0.135. The van der Waals surface area contributed by atoms with Crippen molar-refractivity contribution in [2.45, 2.75) is 32.0 Å². The molecule has 1 N–H and O–H groups in total. The Kier molecular flexibility index (Phi) is 6.43. The molecule has 7 nitrogen and oxygen atoms in total. The maximum Gasteiger partial charge on any atom is 0.291 e. The lowest BCUT2D eigenvalue weighted by atomic mass is 10.1. The van der Waals surface area contributed by atoms with Gasteiger partial charge in [0.15, 0.2) is 5.16 Å². The number of fused-ring (bicyclic) bond motifs is 1. The Morgan fingerprint density at radius 1 is 1.26 bits per heavy atom. The number of carbonyl (C=O) groups is 2. The molecule has 2 aromatic heterocycles. The molecule has 1 saturated heterocycles. The van der Waals surface area contributed by atoms with Gasteiger partial charge in [-0.15, -0.1) is 11.3 Å². The Labute approximate surface area is 188 Å². The van der Waals surface area contributed by atoms with Gasteiger partial charge in [0, 0.05) is 25.3 Å². The van der Waals surface area contributed by atoms with Gasteiger partial charge < -0.3 is 4.90 Å². The van der Waals surface area contributed by atoms with Gasteiger partial charge >= 0.3 is 0 Å². The van der Waals surface area contributed by atoms with Crippen molar-refractivity contribution in [1.29, 1.82) is 0 Å².